The molecule has 0 aliphatic rings. The predicted molar refractivity (Wildman–Crippen MR) is 83.1 cm³/mol. The molecule has 0 N–H and O–H groups in total. The molecule has 0 saturated carbocycles. The fraction of sp³-hybridized carbons (Fsp3) is 0.176. The molecule has 21 heavy (non-hydrogen) atoms. The normalized spacial score (nSPS) is 10.7. The van der Waals surface area contributed by atoms with Crippen molar-refractivity contribution >= 4 is 11.6 Å². The molecule has 0 atom stereocenters. The summed E-state index contributed by atoms with van der Waals surface area (Å²) in [5.41, 5.74) is 2.42. The van der Waals surface area contributed by atoms with Crippen LogP contribution in [0.25, 0.3) is 0 Å². The molecule has 0 aliphatic carbocycles. The summed E-state index contributed by atoms with van der Waals surface area (Å²) in [5.74, 6) is 0. The van der Waals surface area contributed by atoms with Gasteiger partial charge in [-0.05, 0) is 11.6 Å². The van der Waals surface area contributed by atoms with E-state index in [-0.39, 0.29) is 0 Å². The minimum absolute atomic E-state index is 0.692. The highest BCUT2D eigenvalue weighted by Gasteiger charge is 2.08. The molecule has 3 rings (SSSR count). The molecule has 0 radical (unpaired) electrons. The molecule has 3 nitrogen and oxygen atoms in total. The van der Waals surface area contributed by atoms with Gasteiger partial charge in [-0.25, -0.2) is 4.57 Å². The van der Waals surface area contributed by atoms with E-state index in [9.17, 15) is 0 Å². The minimum Gasteiger partial charge on any atom is -0.237 e. The topological polar surface area (TPSA) is 21.7 Å². The summed E-state index contributed by atoms with van der Waals surface area (Å²) in [6, 6.07) is 18.3. The Balaban J connectivity index is 1.63. The van der Waals surface area contributed by atoms with Crippen molar-refractivity contribution in [3.05, 3.63) is 83.4 Å². The molecule has 0 saturated heterocycles. The van der Waals surface area contributed by atoms with Gasteiger partial charge in [-0.2, -0.15) is 0 Å². The van der Waals surface area contributed by atoms with Crippen molar-refractivity contribution < 1.29 is 4.57 Å². The maximum absolute atomic E-state index is 6.17. The van der Waals surface area contributed by atoms with Crippen LogP contribution in [0.2, 0.25) is 5.02 Å². The van der Waals surface area contributed by atoms with Gasteiger partial charge in [-0.1, -0.05) is 60.1 Å². The summed E-state index contributed by atoms with van der Waals surface area (Å²) in [6.45, 7) is 1.62. The summed E-state index contributed by atoms with van der Waals surface area (Å²) in [4.78, 5) is 0. The zero-order valence-corrected chi connectivity index (χ0v) is 12.4. The Kier molecular flexibility index (Phi) is 4.31. The fourth-order valence-electron chi connectivity index (χ4n) is 2.26. The minimum atomic E-state index is 0.692. The zero-order valence-electron chi connectivity index (χ0n) is 11.7. The van der Waals surface area contributed by atoms with Gasteiger partial charge in [0.1, 0.15) is 6.54 Å². The van der Waals surface area contributed by atoms with Crippen molar-refractivity contribution in [2.45, 2.75) is 19.5 Å². The van der Waals surface area contributed by atoms with E-state index in [2.05, 4.69) is 33.9 Å². The largest absolute Gasteiger partial charge is 0.265 e. The van der Waals surface area contributed by atoms with Gasteiger partial charge in [0.05, 0.1) is 6.54 Å². The van der Waals surface area contributed by atoms with Crippen molar-refractivity contribution in [2.24, 2.45) is 0 Å². The number of aryl methyl sites for hydroxylation is 2. The highest BCUT2D eigenvalue weighted by Crippen LogP contribution is 2.15. The van der Waals surface area contributed by atoms with Gasteiger partial charge in [-0.15, -0.1) is 4.68 Å². The number of hydrogen-bond acceptors (Lipinski definition) is 1. The van der Waals surface area contributed by atoms with Gasteiger partial charge in [-0.3, -0.25) is 0 Å². The smallest absolute Gasteiger partial charge is 0.237 e. The number of aromatic nitrogens is 3. The van der Waals surface area contributed by atoms with Crippen LogP contribution in [0.15, 0.2) is 67.3 Å². The maximum atomic E-state index is 6.17. The van der Waals surface area contributed by atoms with E-state index >= 15 is 0 Å². The standard InChI is InChI=1S/C17H17ClN3/c18-17-9-5-4-8-16(17)12-21-14-20(13-19-21)11-10-15-6-2-1-3-7-15/h1-9,13-14H,10-12H2/q+1. The third kappa shape index (κ3) is 3.70. The second-order valence-electron chi connectivity index (χ2n) is 5.01. The van der Waals surface area contributed by atoms with E-state index in [1.165, 1.54) is 5.56 Å². The first-order valence-electron chi connectivity index (χ1n) is 7.00. The number of hydrogen-bond donors (Lipinski definition) is 0. The number of benzene rings is 2. The van der Waals surface area contributed by atoms with Crippen LogP contribution in [-0.2, 0) is 19.5 Å². The Bertz CT molecular complexity index is 707. The molecule has 0 bridgehead atoms. The Morgan fingerprint density at radius 3 is 2.57 bits per heavy atom. The molecule has 0 fully saturated rings. The lowest BCUT2D eigenvalue weighted by Gasteiger charge is -1.99. The third-order valence-electron chi connectivity index (χ3n) is 3.42. The zero-order chi connectivity index (χ0) is 14.5. The van der Waals surface area contributed by atoms with E-state index in [0.717, 1.165) is 23.6 Å². The lowest BCUT2D eigenvalue weighted by atomic mass is 10.1. The van der Waals surface area contributed by atoms with Crippen molar-refractivity contribution in [3.8, 4) is 0 Å². The van der Waals surface area contributed by atoms with Crippen LogP contribution < -0.4 is 4.57 Å². The molecule has 0 spiro atoms. The molecule has 4 heteroatoms. The summed E-state index contributed by atoms with van der Waals surface area (Å²) in [5, 5.41) is 5.17. The van der Waals surface area contributed by atoms with Crippen molar-refractivity contribution in [1.29, 1.82) is 0 Å². The van der Waals surface area contributed by atoms with Crippen molar-refractivity contribution in [1.82, 2.24) is 9.78 Å². The van der Waals surface area contributed by atoms with Gasteiger partial charge >= 0.3 is 0 Å². The van der Waals surface area contributed by atoms with Crippen molar-refractivity contribution in [3.63, 3.8) is 0 Å². The Hall–Kier alpha value is -2.13. The molecule has 0 unspecified atom stereocenters. The lowest BCUT2D eigenvalue weighted by Crippen LogP contribution is -2.32. The van der Waals surface area contributed by atoms with E-state index in [0.29, 0.717) is 6.54 Å². The average Bonchev–Trinajstić information content (AvgIpc) is 2.96. The highest BCUT2D eigenvalue weighted by atomic mass is 35.5. The van der Waals surface area contributed by atoms with E-state index in [4.69, 9.17) is 11.6 Å². The summed E-state index contributed by atoms with van der Waals surface area (Å²) >= 11 is 6.17. The summed E-state index contributed by atoms with van der Waals surface area (Å²) in [7, 11) is 0. The molecule has 0 aliphatic heterocycles. The molecule has 0 amide bonds. The average molecular weight is 299 g/mol. The third-order valence-corrected chi connectivity index (χ3v) is 3.79. The first-order chi connectivity index (χ1) is 10.3. The molecule has 1 aromatic heterocycles. The van der Waals surface area contributed by atoms with E-state index in [1.807, 2.05) is 47.7 Å². The molecule has 3 aromatic rings. The summed E-state index contributed by atoms with van der Waals surface area (Å²) in [6.07, 6.45) is 4.88. The second kappa shape index (κ2) is 6.55. The Labute approximate surface area is 129 Å². The number of nitrogens with zero attached hydrogens (tertiary/aromatic N) is 3. The van der Waals surface area contributed by atoms with Crippen LogP contribution in [0.3, 0.4) is 0 Å². The molecular weight excluding hydrogens is 282 g/mol. The van der Waals surface area contributed by atoms with Crippen LogP contribution in [0.5, 0.6) is 0 Å². The molecule has 1 heterocycles. The van der Waals surface area contributed by atoms with Crippen LogP contribution in [0.4, 0.5) is 0 Å². The summed E-state index contributed by atoms with van der Waals surface area (Å²) < 4.78 is 4.01. The van der Waals surface area contributed by atoms with Gasteiger partial charge in [0.2, 0.25) is 6.33 Å². The van der Waals surface area contributed by atoms with Gasteiger partial charge < -0.3 is 0 Å². The van der Waals surface area contributed by atoms with Gasteiger partial charge in [0.15, 0.2) is 0 Å². The lowest BCUT2D eigenvalue weighted by molar-refractivity contribution is -0.697. The number of rotatable bonds is 5. The monoisotopic (exact) mass is 298 g/mol. The van der Waals surface area contributed by atoms with Crippen molar-refractivity contribution in [2.75, 3.05) is 0 Å². The predicted octanol–water partition coefficient (Wildman–Crippen LogP) is 3.12. The number of halogens is 1. The Morgan fingerprint density at radius 1 is 1.00 bits per heavy atom. The fourth-order valence-corrected chi connectivity index (χ4v) is 2.46. The van der Waals surface area contributed by atoms with Crippen LogP contribution in [-0.4, -0.2) is 9.78 Å². The molecular formula is C17H17ClN3+. The first kappa shape index (κ1) is 13.8. The second-order valence-corrected chi connectivity index (χ2v) is 5.42. The van der Waals surface area contributed by atoms with Gasteiger partial charge in [0, 0.05) is 22.1 Å². The van der Waals surface area contributed by atoms with Gasteiger partial charge in [0.25, 0.3) is 6.33 Å². The van der Waals surface area contributed by atoms with Crippen LogP contribution in [0.1, 0.15) is 11.1 Å². The quantitative estimate of drug-likeness (QED) is 0.663. The Morgan fingerprint density at radius 2 is 1.76 bits per heavy atom. The maximum Gasteiger partial charge on any atom is 0.265 e. The van der Waals surface area contributed by atoms with E-state index < -0.39 is 0 Å². The van der Waals surface area contributed by atoms with E-state index in [1.54, 1.807) is 0 Å². The molecule has 106 valence electrons. The highest BCUT2D eigenvalue weighted by molar-refractivity contribution is 6.31. The van der Waals surface area contributed by atoms with Crippen LogP contribution in [0, 0.1) is 0 Å². The van der Waals surface area contributed by atoms with Crippen LogP contribution >= 0.6 is 11.6 Å². The first-order valence-corrected chi connectivity index (χ1v) is 7.38. The SMILES string of the molecule is Clc1ccccc1Cn1c[n+](CCc2ccccc2)cn1. The molecule has 2 aromatic carbocycles.